The van der Waals surface area contributed by atoms with Crippen molar-refractivity contribution in [1.29, 1.82) is 0 Å². The number of hydrazone groups is 1. The topological polar surface area (TPSA) is 86.3 Å². The molecule has 1 aromatic heterocycles. The predicted molar refractivity (Wildman–Crippen MR) is 119 cm³/mol. The Labute approximate surface area is 177 Å². The lowest BCUT2D eigenvalue weighted by Crippen LogP contribution is -2.17. The largest absolute Gasteiger partial charge is 0.361 e. The summed E-state index contributed by atoms with van der Waals surface area (Å²) in [7, 11) is 0. The van der Waals surface area contributed by atoms with Crippen LogP contribution in [0.4, 0.5) is 5.69 Å². The maximum Gasteiger partial charge on any atom is 0.271 e. The molecule has 2 amide bonds. The van der Waals surface area contributed by atoms with Gasteiger partial charge < -0.3 is 10.3 Å². The van der Waals surface area contributed by atoms with E-state index in [1.165, 1.54) is 0 Å². The number of amides is 2. The number of carbonyl (C=O) groups excluding carboxylic acids is 2. The molecule has 4 aromatic rings. The Morgan fingerprint density at radius 1 is 0.900 bits per heavy atom. The molecule has 3 aromatic carbocycles. The van der Waals surface area contributed by atoms with E-state index in [2.05, 4.69) is 20.8 Å². The first-order chi connectivity index (χ1) is 14.6. The number of aromatic amines is 1. The van der Waals surface area contributed by atoms with Crippen LogP contribution in [-0.4, -0.2) is 23.0 Å². The molecule has 0 spiro atoms. The molecule has 0 saturated heterocycles. The molecule has 3 N–H and O–H groups in total. The lowest BCUT2D eigenvalue weighted by molar-refractivity contribution is 0.0954. The average Bonchev–Trinajstić information content (AvgIpc) is 3.17. The molecular formula is C23H17ClN4O2. The highest BCUT2D eigenvalue weighted by atomic mass is 35.5. The SMILES string of the molecule is O=C(N/N=C\c1c[nH]c2ccccc12)c1ccc(NC(=O)c2cccc(Cl)c2)cc1. The van der Waals surface area contributed by atoms with E-state index in [9.17, 15) is 9.59 Å². The van der Waals surface area contributed by atoms with Crippen LogP contribution in [0.1, 0.15) is 26.3 Å². The first-order valence-electron chi connectivity index (χ1n) is 9.17. The van der Waals surface area contributed by atoms with Crippen LogP contribution in [-0.2, 0) is 0 Å². The minimum atomic E-state index is -0.348. The number of anilines is 1. The van der Waals surface area contributed by atoms with Crippen LogP contribution in [0.2, 0.25) is 5.02 Å². The van der Waals surface area contributed by atoms with E-state index in [0.29, 0.717) is 21.8 Å². The second kappa shape index (κ2) is 8.63. The third-order valence-electron chi connectivity index (χ3n) is 4.48. The van der Waals surface area contributed by atoms with E-state index in [1.807, 2.05) is 30.5 Å². The van der Waals surface area contributed by atoms with Crippen LogP contribution in [0.15, 0.2) is 84.1 Å². The van der Waals surface area contributed by atoms with Gasteiger partial charge in [0.1, 0.15) is 0 Å². The lowest BCUT2D eigenvalue weighted by atomic mass is 10.1. The lowest BCUT2D eigenvalue weighted by Gasteiger charge is -2.06. The molecule has 0 aliphatic rings. The summed E-state index contributed by atoms with van der Waals surface area (Å²) >= 11 is 5.91. The van der Waals surface area contributed by atoms with Gasteiger partial charge in [-0.05, 0) is 48.5 Å². The Hall–Kier alpha value is -3.90. The van der Waals surface area contributed by atoms with E-state index in [-0.39, 0.29) is 11.8 Å². The maximum absolute atomic E-state index is 12.3. The van der Waals surface area contributed by atoms with Crippen LogP contribution in [0.25, 0.3) is 10.9 Å². The number of aromatic nitrogens is 1. The molecule has 0 fully saturated rings. The Kier molecular flexibility index (Phi) is 5.59. The number of H-pyrrole nitrogens is 1. The minimum Gasteiger partial charge on any atom is -0.361 e. The number of halogens is 1. The summed E-state index contributed by atoms with van der Waals surface area (Å²) in [4.78, 5) is 27.7. The molecule has 0 aliphatic carbocycles. The molecule has 4 rings (SSSR count). The summed E-state index contributed by atoms with van der Waals surface area (Å²) in [5.74, 6) is -0.628. The van der Waals surface area contributed by atoms with Crippen molar-refractivity contribution in [2.24, 2.45) is 5.10 Å². The molecule has 0 saturated carbocycles. The summed E-state index contributed by atoms with van der Waals surface area (Å²) < 4.78 is 0. The number of carbonyl (C=O) groups is 2. The van der Waals surface area contributed by atoms with E-state index in [4.69, 9.17) is 11.6 Å². The molecule has 7 heteroatoms. The van der Waals surface area contributed by atoms with Crippen molar-refractivity contribution in [1.82, 2.24) is 10.4 Å². The first kappa shape index (κ1) is 19.4. The molecule has 0 radical (unpaired) electrons. The van der Waals surface area contributed by atoms with Crippen molar-refractivity contribution in [2.75, 3.05) is 5.32 Å². The number of nitrogens with zero attached hydrogens (tertiary/aromatic N) is 1. The van der Waals surface area contributed by atoms with E-state index in [0.717, 1.165) is 16.5 Å². The molecular weight excluding hydrogens is 400 g/mol. The van der Waals surface area contributed by atoms with Gasteiger partial charge in [-0.3, -0.25) is 9.59 Å². The van der Waals surface area contributed by atoms with Gasteiger partial charge in [0.2, 0.25) is 0 Å². The quantitative estimate of drug-likeness (QED) is 0.321. The first-order valence-corrected chi connectivity index (χ1v) is 9.54. The van der Waals surface area contributed by atoms with Crippen molar-refractivity contribution >= 4 is 46.2 Å². The van der Waals surface area contributed by atoms with Gasteiger partial charge >= 0.3 is 0 Å². The zero-order valence-corrected chi connectivity index (χ0v) is 16.5. The van der Waals surface area contributed by atoms with Gasteiger partial charge in [-0.25, -0.2) is 5.43 Å². The second-order valence-corrected chi connectivity index (χ2v) is 6.97. The number of para-hydroxylation sites is 1. The number of hydrogen-bond acceptors (Lipinski definition) is 3. The fraction of sp³-hybridized carbons (Fsp3) is 0. The highest BCUT2D eigenvalue weighted by Gasteiger charge is 2.08. The number of fused-ring (bicyclic) bond motifs is 1. The minimum absolute atomic E-state index is 0.280. The van der Waals surface area contributed by atoms with Gasteiger partial charge in [0.25, 0.3) is 11.8 Å². The van der Waals surface area contributed by atoms with E-state index >= 15 is 0 Å². The Balaban J connectivity index is 1.37. The molecule has 0 aliphatic heterocycles. The molecule has 0 bridgehead atoms. The van der Waals surface area contributed by atoms with Crippen LogP contribution >= 0.6 is 11.6 Å². The van der Waals surface area contributed by atoms with E-state index < -0.39 is 0 Å². The monoisotopic (exact) mass is 416 g/mol. The number of rotatable bonds is 5. The third kappa shape index (κ3) is 4.39. The van der Waals surface area contributed by atoms with Crippen LogP contribution < -0.4 is 10.7 Å². The molecule has 0 atom stereocenters. The summed E-state index contributed by atoms with van der Waals surface area (Å²) in [6, 6.07) is 21.0. The zero-order valence-electron chi connectivity index (χ0n) is 15.7. The average molecular weight is 417 g/mol. The Bertz CT molecular complexity index is 1250. The molecule has 6 nitrogen and oxygen atoms in total. The van der Waals surface area contributed by atoms with Crippen molar-refractivity contribution in [3.63, 3.8) is 0 Å². The molecule has 148 valence electrons. The molecule has 1 heterocycles. The molecule has 0 unspecified atom stereocenters. The van der Waals surface area contributed by atoms with Gasteiger partial charge in [-0.2, -0.15) is 5.10 Å². The summed E-state index contributed by atoms with van der Waals surface area (Å²) in [6.07, 6.45) is 3.42. The summed E-state index contributed by atoms with van der Waals surface area (Å²) in [5, 5.41) is 8.31. The summed E-state index contributed by atoms with van der Waals surface area (Å²) in [6.45, 7) is 0. The fourth-order valence-corrected chi connectivity index (χ4v) is 3.15. The highest BCUT2D eigenvalue weighted by molar-refractivity contribution is 6.31. The van der Waals surface area contributed by atoms with Crippen molar-refractivity contribution < 1.29 is 9.59 Å². The smallest absolute Gasteiger partial charge is 0.271 e. The van der Waals surface area contributed by atoms with Crippen molar-refractivity contribution in [3.8, 4) is 0 Å². The van der Waals surface area contributed by atoms with Gasteiger partial charge in [0, 0.05) is 44.5 Å². The number of nitrogens with one attached hydrogen (secondary N) is 3. The van der Waals surface area contributed by atoms with Gasteiger partial charge in [0.05, 0.1) is 6.21 Å². The molecule has 30 heavy (non-hydrogen) atoms. The van der Waals surface area contributed by atoms with Crippen LogP contribution in [0, 0.1) is 0 Å². The Morgan fingerprint density at radius 3 is 2.50 bits per heavy atom. The van der Waals surface area contributed by atoms with Crippen LogP contribution in [0.3, 0.4) is 0 Å². The normalized spacial score (nSPS) is 11.0. The maximum atomic E-state index is 12.3. The standard InChI is InChI=1S/C23H17ClN4O2/c24-18-5-3-4-16(12-18)22(29)27-19-10-8-15(9-11-19)23(30)28-26-14-17-13-25-21-7-2-1-6-20(17)21/h1-14,25H,(H,27,29)(H,28,30)/b26-14-. The second-order valence-electron chi connectivity index (χ2n) is 6.53. The predicted octanol–water partition coefficient (Wildman–Crippen LogP) is 4.84. The van der Waals surface area contributed by atoms with Crippen molar-refractivity contribution in [2.45, 2.75) is 0 Å². The third-order valence-corrected chi connectivity index (χ3v) is 4.72. The number of hydrogen-bond donors (Lipinski definition) is 3. The zero-order chi connectivity index (χ0) is 20.9. The van der Waals surface area contributed by atoms with E-state index in [1.54, 1.807) is 54.7 Å². The number of benzene rings is 3. The van der Waals surface area contributed by atoms with Crippen molar-refractivity contribution in [3.05, 3.63) is 101 Å². The van der Waals surface area contributed by atoms with Gasteiger partial charge in [-0.15, -0.1) is 0 Å². The van der Waals surface area contributed by atoms with Crippen LogP contribution in [0.5, 0.6) is 0 Å². The summed E-state index contributed by atoms with van der Waals surface area (Å²) in [5.41, 5.74) is 5.84. The van der Waals surface area contributed by atoms with Gasteiger partial charge in [0.15, 0.2) is 0 Å². The fourth-order valence-electron chi connectivity index (χ4n) is 2.96. The highest BCUT2D eigenvalue weighted by Crippen LogP contribution is 2.16. The van der Waals surface area contributed by atoms with Gasteiger partial charge in [-0.1, -0.05) is 35.9 Å². The Morgan fingerprint density at radius 2 is 1.70 bits per heavy atom.